The van der Waals surface area contributed by atoms with Gasteiger partial charge in [0.25, 0.3) is 0 Å². The van der Waals surface area contributed by atoms with E-state index in [0.717, 1.165) is 5.56 Å². The Morgan fingerprint density at radius 2 is 2.08 bits per heavy atom. The summed E-state index contributed by atoms with van der Waals surface area (Å²) in [6.07, 6.45) is 3.16. The van der Waals surface area contributed by atoms with Gasteiger partial charge in [0.15, 0.2) is 0 Å². The summed E-state index contributed by atoms with van der Waals surface area (Å²) in [5.41, 5.74) is 1.04. The van der Waals surface area contributed by atoms with E-state index in [1.54, 1.807) is 6.21 Å². The molecule has 0 amide bonds. The summed E-state index contributed by atoms with van der Waals surface area (Å²) in [7, 11) is 0. The normalized spacial score (nSPS) is 10.8. The lowest BCUT2D eigenvalue weighted by atomic mass is 10.2. The van der Waals surface area contributed by atoms with Crippen LogP contribution in [0, 0.1) is 0 Å². The maximum atomic E-state index is 4.08. The predicted octanol–water partition coefficient (Wildman–Crippen LogP) is 1.56. The van der Waals surface area contributed by atoms with Gasteiger partial charge in [-0.3, -0.25) is 0 Å². The van der Waals surface area contributed by atoms with Crippen LogP contribution in [0.1, 0.15) is 5.56 Å². The summed E-state index contributed by atoms with van der Waals surface area (Å²) in [5, 5.41) is 6.33. The Balaban J connectivity index is 2.15. The monoisotopic (exact) mass is 172 g/mol. The molecule has 2 aromatic rings. The number of H-pyrrole nitrogens is 1. The molecule has 1 N–H and O–H groups in total. The van der Waals surface area contributed by atoms with E-state index in [9.17, 15) is 0 Å². The molecule has 1 aromatic heterocycles. The average molecular weight is 172 g/mol. The van der Waals surface area contributed by atoms with Gasteiger partial charge >= 0.3 is 0 Å². The largest absolute Gasteiger partial charge is 0.245 e. The molecule has 0 aliphatic heterocycles. The molecule has 13 heavy (non-hydrogen) atoms. The Labute approximate surface area is 75.4 Å². The van der Waals surface area contributed by atoms with Crippen molar-refractivity contribution >= 4 is 12.2 Å². The third-order valence-electron chi connectivity index (χ3n) is 1.54. The van der Waals surface area contributed by atoms with E-state index in [0.29, 0.717) is 5.95 Å². The van der Waals surface area contributed by atoms with Crippen LogP contribution >= 0.6 is 0 Å². The van der Waals surface area contributed by atoms with Gasteiger partial charge in [-0.1, -0.05) is 30.3 Å². The van der Waals surface area contributed by atoms with Crippen molar-refractivity contribution in [3.63, 3.8) is 0 Å². The molecule has 0 atom stereocenters. The van der Waals surface area contributed by atoms with Gasteiger partial charge in [-0.15, -0.1) is 0 Å². The van der Waals surface area contributed by atoms with Crippen molar-refractivity contribution in [3.05, 3.63) is 42.2 Å². The first-order valence-corrected chi connectivity index (χ1v) is 3.89. The van der Waals surface area contributed by atoms with Gasteiger partial charge in [0.05, 0.1) is 0 Å². The van der Waals surface area contributed by atoms with Crippen LogP contribution in [0.5, 0.6) is 0 Å². The number of aromatic amines is 1. The zero-order valence-corrected chi connectivity index (χ0v) is 6.88. The molecule has 0 aliphatic rings. The van der Waals surface area contributed by atoms with E-state index >= 15 is 0 Å². The fourth-order valence-electron chi connectivity index (χ4n) is 0.936. The molecule has 0 radical (unpaired) electrons. The van der Waals surface area contributed by atoms with E-state index in [1.807, 2.05) is 30.3 Å². The van der Waals surface area contributed by atoms with Gasteiger partial charge in [-0.2, -0.15) is 10.1 Å². The van der Waals surface area contributed by atoms with Crippen molar-refractivity contribution in [1.82, 2.24) is 15.2 Å². The lowest BCUT2D eigenvalue weighted by molar-refractivity contribution is 1.08. The zero-order valence-electron chi connectivity index (χ0n) is 6.88. The number of benzene rings is 1. The molecule has 0 bridgehead atoms. The molecule has 0 spiro atoms. The predicted molar refractivity (Wildman–Crippen MR) is 50.1 cm³/mol. The van der Waals surface area contributed by atoms with E-state index in [4.69, 9.17) is 0 Å². The molecule has 0 fully saturated rings. The first-order valence-electron chi connectivity index (χ1n) is 3.89. The molecular weight excluding hydrogens is 164 g/mol. The molecule has 0 aliphatic carbocycles. The first kappa shape index (κ1) is 7.67. The lowest BCUT2D eigenvalue weighted by Gasteiger charge is -1.88. The van der Waals surface area contributed by atoms with Gasteiger partial charge in [-0.25, -0.2) is 10.1 Å². The molecule has 2 rings (SSSR count). The molecule has 0 saturated carbocycles. The van der Waals surface area contributed by atoms with Crippen molar-refractivity contribution in [1.29, 1.82) is 0 Å². The minimum absolute atomic E-state index is 0.517. The second-order valence-corrected chi connectivity index (χ2v) is 2.48. The topological polar surface area (TPSA) is 53.9 Å². The zero-order chi connectivity index (χ0) is 8.93. The van der Waals surface area contributed by atoms with Gasteiger partial charge < -0.3 is 0 Å². The van der Waals surface area contributed by atoms with E-state index in [2.05, 4.69) is 20.2 Å². The summed E-state index contributed by atoms with van der Waals surface area (Å²) in [6.45, 7) is 0. The maximum absolute atomic E-state index is 4.08. The molecular formula is C9H8N4. The van der Waals surface area contributed by atoms with Crippen molar-refractivity contribution in [3.8, 4) is 0 Å². The highest BCUT2D eigenvalue weighted by atomic mass is 15.2. The van der Waals surface area contributed by atoms with Crippen molar-refractivity contribution in [2.75, 3.05) is 0 Å². The van der Waals surface area contributed by atoms with Gasteiger partial charge in [-0.05, 0) is 5.56 Å². The molecule has 64 valence electrons. The summed E-state index contributed by atoms with van der Waals surface area (Å²) >= 11 is 0. The minimum atomic E-state index is 0.517. The summed E-state index contributed by atoms with van der Waals surface area (Å²) in [5.74, 6) is 0.517. The van der Waals surface area contributed by atoms with Gasteiger partial charge in [0, 0.05) is 6.21 Å². The van der Waals surface area contributed by atoms with Crippen molar-refractivity contribution in [2.45, 2.75) is 0 Å². The summed E-state index contributed by atoms with van der Waals surface area (Å²) in [6, 6.07) is 9.83. The Kier molecular flexibility index (Phi) is 2.14. The fraction of sp³-hybridized carbons (Fsp3) is 0. The van der Waals surface area contributed by atoms with Crippen LogP contribution in [0.3, 0.4) is 0 Å². The Morgan fingerprint density at radius 3 is 2.77 bits per heavy atom. The standard InChI is InChI=1S/C9H8N4/c1-2-4-8(5-3-1)6-10-9-11-7-12-13-9/h1-7H,(H,11,12,13)/b10-6+. The highest BCUT2D eigenvalue weighted by molar-refractivity contribution is 5.80. The SMILES string of the molecule is C(=N\c1ncn[nH]1)/c1ccccc1. The third kappa shape index (κ3) is 1.99. The van der Waals surface area contributed by atoms with Crippen molar-refractivity contribution in [2.24, 2.45) is 4.99 Å². The number of nitrogens with zero attached hydrogens (tertiary/aromatic N) is 3. The number of aromatic nitrogens is 3. The molecule has 4 heteroatoms. The Hall–Kier alpha value is -1.97. The third-order valence-corrected chi connectivity index (χ3v) is 1.54. The molecule has 4 nitrogen and oxygen atoms in total. The van der Waals surface area contributed by atoms with Gasteiger partial charge in [0.2, 0.25) is 5.95 Å². The van der Waals surface area contributed by atoms with E-state index in [1.165, 1.54) is 6.33 Å². The quantitative estimate of drug-likeness (QED) is 0.699. The van der Waals surface area contributed by atoms with Crippen LogP contribution in [-0.2, 0) is 0 Å². The van der Waals surface area contributed by atoms with Crippen LogP contribution in [0.4, 0.5) is 5.95 Å². The minimum Gasteiger partial charge on any atom is -0.244 e. The summed E-state index contributed by atoms with van der Waals surface area (Å²) in [4.78, 5) is 7.95. The van der Waals surface area contributed by atoms with E-state index in [-0.39, 0.29) is 0 Å². The maximum Gasteiger partial charge on any atom is 0.245 e. The number of nitrogens with one attached hydrogen (secondary N) is 1. The van der Waals surface area contributed by atoms with E-state index < -0.39 is 0 Å². The molecule has 1 aromatic carbocycles. The molecule has 0 unspecified atom stereocenters. The van der Waals surface area contributed by atoms with Crippen molar-refractivity contribution < 1.29 is 0 Å². The molecule has 1 heterocycles. The Morgan fingerprint density at radius 1 is 1.23 bits per heavy atom. The number of rotatable bonds is 2. The first-order chi connectivity index (χ1) is 6.45. The van der Waals surface area contributed by atoms with Crippen LogP contribution in [0.15, 0.2) is 41.7 Å². The summed E-state index contributed by atoms with van der Waals surface area (Å²) < 4.78 is 0. The second kappa shape index (κ2) is 3.62. The fourth-order valence-corrected chi connectivity index (χ4v) is 0.936. The van der Waals surface area contributed by atoms with Crippen LogP contribution in [0.2, 0.25) is 0 Å². The number of aliphatic imine (C=N–C) groups is 1. The highest BCUT2D eigenvalue weighted by Gasteiger charge is 1.88. The van der Waals surface area contributed by atoms with Crippen LogP contribution < -0.4 is 0 Å². The molecule has 0 saturated heterocycles. The average Bonchev–Trinajstić information content (AvgIpc) is 2.69. The lowest BCUT2D eigenvalue weighted by Crippen LogP contribution is -1.78. The van der Waals surface area contributed by atoms with Gasteiger partial charge in [0.1, 0.15) is 6.33 Å². The second-order valence-electron chi connectivity index (χ2n) is 2.48. The smallest absolute Gasteiger partial charge is 0.244 e. The van der Waals surface area contributed by atoms with Crippen LogP contribution in [0.25, 0.3) is 0 Å². The number of hydrogen-bond donors (Lipinski definition) is 1. The number of hydrogen-bond acceptors (Lipinski definition) is 3. The highest BCUT2D eigenvalue weighted by Crippen LogP contribution is 2.00. The Bertz CT molecular complexity index is 377. The van der Waals surface area contributed by atoms with Crippen LogP contribution in [-0.4, -0.2) is 21.4 Å².